The zero-order valence-corrected chi connectivity index (χ0v) is 12.5. The SMILES string of the molecule is COc1cccc(CS(=O)c2ccc(C)c(C(=O)O)c2)n1. The van der Waals surface area contributed by atoms with Crippen molar-refractivity contribution in [1.29, 1.82) is 0 Å². The molecule has 5 nitrogen and oxygen atoms in total. The Morgan fingerprint density at radius 2 is 2.10 bits per heavy atom. The molecule has 1 atom stereocenters. The van der Waals surface area contributed by atoms with Crippen LogP contribution >= 0.6 is 0 Å². The molecule has 0 aliphatic rings. The fourth-order valence-corrected chi connectivity index (χ4v) is 2.91. The van der Waals surface area contributed by atoms with Gasteiger partial charge in [-0.1, -0.05) is 12.1 Å². The minimum absolute atomic E-state index is 0.166. The number of aromatic nitrogens is 1. The number of pyridine rings is 1. The van der Waals surface area contributed by atoms with E-state index in [1.165, 1.54) is 13.2 Å². The van der Waals surface area contributed by atoms with Gasteiger partial charge in [0.25, 0.3) is 0 Å². The van der Waals surface area contributed by atoms with Crippen LogP contribution in [0.3, 0.4) is 0 Å². The molecule has 0 saturated heterocycles. The molecule has 1 aromatic heterocycles. The van der Waals surface area contributed by atoms with Crippen LogP contribution in [-0.2, 0) is 16.6 Å². The summed E-state index contributed by atoms with van der Waals surface area (Å²) >= 11 is 0. The van der Waals surface area contributed by atoms with E-state index in [9.17, 15) is 9.00 Å². The minimum atomic E-state index is -1.36. The fraction of sp³-hybridized carbons (Fsp3) is 0.200. The third-order valence-corrected chi connectivity index (χ3v) is 4.31. The van der Waals surface area contributed by atoms with Gasteiger partial charge >= 0.3 is 5.97 Å². The lowest BCUT2D eigenvalue weighted by Crippen LogP contribution is -2.04. The Morgan fingerprint density at radius 3 is 2.76 bits per heavy atom. The van der Waals surface area contributed by atoms with Crippen LogP contribution in [0.25, 0.3) is 0 Å². The summed E-state index contributed by atoms with van der Waals surface area (Å²) < 4.78 is 17.4. The Kier molecular flexibility index (Phi) is 4.70. The number of aryl methyl sites for hydroxylation is 1. The van der Waals surface area contributed by atoms with Crippen LogP contribution in [0.5, 0.6) is 5.88 Å². The predicted octanol–water partition coefficient (Wildman–Crippen LogP) is 2.40. The van der Waals surface area contributed by atoms with E-state index >= 15 is 0 Å². The van der Waals surface area contributed by atoms with Gasteiger partial charge in [-0.25, -0.2) is 9.78 Å². The van der Waals surface area contributed by atoms with Gasteiger partial charge in [0.1, 0.15) is 0 Å². The van der Waals surface area contributed by atoms with E-state index in [0.717, 1.165) is 0 Å². The first-order valence-corrected chi connectivity index (χ1v) is 7.55. The number of hydrogen-bond acceptors (Lipinski definition) is 4. The lowest BCUT2D eigenvalue weighted by molar-refractivity contribution is 0.0696. The van der Waals surface area contributed by atoms with Crippen molar-refractivity contribution in [2.24, 2.45) is 0 Å². The molecule has 0 saturated carbocycles. The third-order valence-electron chi connectivity index (χ3n) is 2.97. The Bertz CT molecular complexity index is 700. The highest BCUT2D eigenvalue weighted by molar-refractivity contribution is 7.84. The number of ether oxygens (including phenoxy) is 1. The number of carbonyl (C=O) groups is 1. The van der Waals surface area contributed by atoms with E-state index in [4.69, 9.17) is 9.84 Å². The Morgan fingerprint density at radius 1 is 1.33 bits per heavy atom. The molecule has 0 radical (unpaired) electrons. The standard InChI is InChI=1S/C15H15NO4S/c1-10-6-7-12(8-13(10)15(17)18)21(19)9-11-4-3-5-14(16-11)20-2/h3-8H,9H2,1-2H3,(H,17,18). The van der Waals surface area contributed by atoms with E-state index in [1.807, 2.05) is 0 Å². The number of carboxylic acids is 1. The summed E-state index contributed by atoms with van der Waals surface area (Å²) in [5, 5.41) is 9.10. The molecule has 0 aliphatic heterocycles. The third kappa shape index (κ3) is 3.66. The molecule has 0 bridgehead atoms. The molecule has 6 heteroatoms. The maximum absolute atomic E-state index is 12.3. The molecule has 110 valence electrons. The van der Waals surface area contributed by atoms with Crippen molar-refractivity contribution in [3.05, 3.63) is 53.2 Å². The van der Waals surface area contributed by atoms with E-state index in [0.29, 0.717) is 22.0 Å². The number of aromatic carboxylic acids is 1. The smallest absolute Gasteiger partial charge is 0.335 e. The first kappa shape index (κ1) is 15.2. The molecule has 1 heterocycles. The summed E-state index contributed by atoms with van der Waals surface area (Å²) in [5.74, 6) is -0.357. The summed E-state index contributed by atoms with van der Waals surface area (Å²) in [5.41, 5.74) is 1.44. The monoisotopic (exact) mass is 305 g/mol. The summed E-state index contributed by atoms with van der Waals surface area (Å²) in [6.45, 7) is 1.71. The van der Waals surface area contributed by atoms with Gasteiger partial charge in [-0.2, -0.15) is 0 Å². The van der Waals surface area contributed by atoms with E-state index in [1.54, 1.807) is 37.3 Å². The highest BCUT2D eigenvalue weighted by Gasteiger charge is 2.12. The minimum Gasteiger partial charge on any atom is -0.481 e. The van der Waals surface area contributed by atoms with Gasteiger partial charge < -0.3 is 9.84 Å². The van der Waals surface area contributed by atoms with Crippen LogP contribution in [0.4, 0.5) is 0 Å². The summed E-state index contributed by atoms with van der Waals surface area (Å²) in [7, 11) is 0.155. The number of rotatable bonds is 5. The molecule has 1 unspecified atom stereocenters. The van der Waals surface area contributed by atoms with Gasteiger partial charge in [0.15, 0.2) is 0 Å². The van der Waals surface area contributed by atoms with Crippen molar-refractivity contribution in [3.63, 3.8) is 0 Å². The van der Waals surface area contributed by atoms with Gasteiger partial charge in [0.2, 0.25) is 5.88 Å². The van der Waals surface area contributed by atoms with Gasteiger partial charge in [0, 0.05) is 11.0 Å². The fourth-order valence-electron chi connectivity index (χ4n) is 1.84. The molecule has 2 rings (SSSR count). The van der Waals surface area contributed by atoms with E-state index in [-0.39, 0.29) is 11.3 Å². The van der Waals surface area contributed by atoms with Crippen molar-refractivity contribution in [2.45, 2.75) is 17.6 Å². The number of carboxylic acid groups (broad SMARTS) is 1. The second-order valence-electron chi connectivity index (χ2n) is 4.44. The van der Waals surface area contributed by atoms with Crippen LogP contribution < -0.4 is 4.74 Å². The second kappa shape index (κ2) is 6.49. The van der Waals surface area contributed by atoms with Crippen LogP contribution in [0.15, 0.2) is 41.3 Å². The number of methoxy groups -OCH3 is 1. The van der Waals surface area contributed by atoms with Crippen molar-refractivity contribution < 1.29 is 18.8 Å². The number of hydrogen-bond donors (Lipinski definition) is 1. The molecule has 0 fully saturated rings. The molecule has 2 aromatic rings. The average molecular weight is 305 g/mol. The van der Waals surface area contributed by atoms with Crippen molar-refractivity contribution >= 4 is 16.8 Å². The Balaban J connectivity index is 2.24. The van der Waals surface area contributed by atoms with Crippen LogP contribution in [0, 0.1) is 6.92 Å². The number of nitrogens with zero attached hydrogens (tertiary/aromatic N) is 1. The summed E-state index contributed by atoms with van der Waals surface area (Å²) in [6.07, 6.45) is 0. The molecule has 1 aromatic carbocycles. The maximum atomic E-state index is 12.3. The highest BCUT2D eigenvalue weighted by Crippen LogP contribution is 2.17. The normalized spacial score (nSPS) is 11.9. The zero-order chi connectivity index (χ0) is 15.4. The molecule has 1 N–H and O–H groups in total. The first-order chi connectivity index (χ1) is 10.0. The Labute approximate surface area is 125 Å². The van der Waals surface area contributed by atoms with E-state index < -0.39 is 16.8 Å². The van der Waals surface area contributed by atoms with E-state index in [2.05, 4.69) is 4.98 Å². The Hall–Kier alpha value is -2.21. The van der Waals surface area contributed by atoms with Crippen LogP contribution in [0.1, 0.15) is 21.6 Å². The van der Waals surface area contributed by atoms with Crippen LogP contribution in [-0.4, -0.2) is 27.4 Å². The number of benzene rings is 1. The maximum Gasteiger partial charge on any atom is 0.335 e. The quantitative estimate of drug-likeness (QED) is 0.918. The topological polar surface area (TPSA) is 76.5 Å². The first-order valence-electron chi connectivity index (χ1n) is 6.23. The molecule has 0 spiro atoms. The van der Waals surface area contributed by atoms with Gasteiger partial charge in [-0.05, 0) is 30.7 Å². The van der Waals surface area contributed by atoms with Gasteiger partial charge in [-0.15, -0.1) is 0 Å². The lowest BCUT2D eigenvalue weighted by Gasteiger charge is -2.06. The molecule has 0 aliphatic carbocycles. The molecular weight excluding hydrogens is 290 g/mol. The zero-order valence-electron chi connectivity index (χ0n) is 11.7. The van der Waals surface area contributed by atoms with Crippen molar-refractivity contribution in [3.8, 4) is 5.88 Å². The molecule has 21 heavy (non-hydrogen) atoms. The van der Waals surface area contributed by atoms with Crippen LogP contribution in [0.2, 0.25) is 0 Å². The second-order valence-corrected chi connectivity index (χ2v) is 5.89. The van der Waals surface area contributed by atoms with Gasteiger partial charge in [0.05, 0.1) is 34.9 Å². The van der Waals surface area contributed by atoms with Gasteiger partial charge in [-0.3, -0.25) is 4.21 Å². The summed E-state index contributed by atoms with van der Waals surface area (Å²) in [4.78, 5) is 15.8. The van der Waals surface area contributed by atoms with Crippen molar-refractivity contribution in [2.75, 3.05) is 7.11 Å². The molecular formula is C15H15NO4S. The molecule has 0 amide bonds. The average Bonchev–Trinajstić information content (AvgIpc) is 2.47. The van der Waals surface area contributed by atoms with Crippen molar-refractivity contribution in [1.82, 2.24) is 4.98 Å². The lowest BCUT2D eigenvalue weighted by atomic mass is 10.1. The predicted molar refractivity (Wildman–Crippen MR) is 79.0 cm³/mol. The summed E-state index contributed by atoms with van der Waals surface area (Å²) in [6, 6.07) is 10.0. The highest BCUT2D eigenvalue weighted by atomic mass is 32.2. The largest absolute Gasteiger partial charge is 0.481 e.